The molecule has 0 saturated carbocycles. The van der Waals surface area contributed by atoms with Gasteiger partial charge in [0.1, 0.15) is 11.5 Å². The number of Topliss-reactive ketones (excluding diaryl/α,β-unsaturated/α-hetero) is 1. The first kappa shape index (κ1) is 24.9. The molecule has 1 fully saturated rings. The molecule has 0 spiro atoms. The third-order valence-electron chi connectivity index (χ3n) is 5.93. The Morgan fingerprint density at radius 1 is 1.12 bits per heavy atom. The molecule has 1 aliphatic rings. The summed E-state index contributed by atoms with van der Waals surface area (Å²) in [5.74, 6) is -1.29. The minimum atomic E-state index is -0.868. The van der Waals surface area contributed by atoms with Crippen molar-refractivity contribution in [1.29, 1.82) is 0 Å². The number of likely N-dealkylation sites (N-methyl/N-ethyl adjacent to an activating group) is 1. The Morgan fingerprint density at radius 2 is 1.79 bits per heavy atom. The van der Waals surface area contributed by atoms with Gasteiger partial charge in [0.2, 0.25) is 0 Å². The van der Waals surface area contributed by atoms with Crippen molar-refractivity contribution in [2.75, 3.05) is 32.8 Å². The van der Waals surface area contributed by atoms with Gasteiger partial charge in [0.05, 0.1) is 23.1 Å². The third kappa shape index (κ3) is 5.09. The molecule has 1 saturated heterocycles. The molecule has 180 valence electrons. The van der Waals surface area contributed by atoms with Crippen LogP contribution in [-0.4, -0.2) is 64.3 Å². The standard InChI is InChI=1S/C25H29N3O6/c1-4-26(5-2)14-15-27-22(17-10-12-19(13-11-17)28(32)33)21(24(30)25(27)31)23(29)18-8-7-9-20(16-18)34-6-3/h7-13,16,22,29H,4-6,14-15H2,1-3H3. The van der Waals surface area contributed by atoms with Crippen LogP contribution in [0.5, 0.6) is 5.75 Å². The summed E-state index contributed by atoms with van der Waals surface area (Å²) in [5.41, 5.74) is 0.701. The topological polar surface area (TPSA) is 113 Å². The number of amides is 1. The van der Waals surface area contributed by atoms with Gasteiger partial charge in [0.15, 0.2) is 0 Å². The smallest absolute Gasteiger partial charge is 0.295 e. The summed E-state index contributed by atoms with van der Waals surface area (Å²) in [6, 6.07) is 11.5. The molecular formula is C25H29N3O6. The molecule has 1 atom stereocenters. The fraction of sp³-hybridized carbons (Fsp3) is 0.360. The maximum atomic E-state index is 13.1. The van der Waals surface area contributed by atoms with Gasteiger partial charge >= 0.3 is 0 Å². The predicted octanol–water partition coefficient (Wildman–Crippen LogP) is 3.76. The molecule has 1 unspecified atom stereocenters. The van der Waals surface area contributed by atoms with Crippen molar-refractivity contribution in [2.24, 2.45) is 0 Å². The summed E-state index contributed by atoms with van der Waals surface area (Å²) in [6.07, 6.45) is 0. The fourth-order valence-corrected chi connectivity index (χ4v) is 4.08. The average Bonchev–Trinajstić information content (AvgIpc) is 3.09. The van der Waals surface area contributed by atoms with E-state index in [0.717, 1.165) is 13.1 Å². The highest BCUT2D eigenvalue weighted by Gasteiger charge is 2.46. The lowest BCUT2D eigenvalue weighted by atomic mass is 9.95. The molecular weight excluding hydrogens is 438 g/mol. The molecule has 1 aliphatic heterocycles. The number of ether oxygens (including phenoxy) is 1. The molecule has 2 aromatic rings. The average molecular weight is 468 g/mol. The summed E-state index contributed by atoms with van der Waals surface area (Å²) in [4.78, 5) is 40.3. The first-order chi connectivity index (χ1) is 16.3. The van der Waals surface area contributed by atoms with Crippen LogP contribution in [0.25, 0.3) is 5.76 Å². The van der Waals surface area contributed by atoms with Gasteiger partial charge in [-0.1, -0.05) is 26.0 Å². The predicted molar refractivity (Wildman–Crippen MR) is 128 cm³/mol. The number of aliphatic hydroxyl groups is 1. The van der Waals surface area contributed by atoms with E-state index >= 15 is 0 Å². The number of carbonyl (C=O) groups is 2. The highest BCUT2D eigenvalue weighted by atomic mass is 16.6. The lowest BCUT2D eigenvalue weighted by Crippen LogP contribution is -2.38. The van der Waals surface area contributed by atoms with Crippen LogP contribution in [0.3, 0.4) is 0 Å². The summed E-state index contributed by atoms with van der Waals surface area (Å²) in [5, 5.41) is 22.3. The number of carbonyl (C=O) groups excluding carboxylic acids is 2. The number of likely N-dealkylation sites (tertiary alicyclic amines) is 1. The van der Waals surface area contributed by atoms with Crippen molar-refractivity contribution >= 4 is 23.1 Å². The van der Waals surface area contributed by atoms with Crippen molar-refractivity contribution in [3.05, 3.63) is 75.3 Å². The van der Waals surface area contributed by atoms with E-state index in [4.69, 9.17) is 4.74 Å². The van der Waals surface area contributed by atoms with E-state index in [0.29, 0.717) is 30.0 Å². The Balaban J connectivity index is 2.10. The quantitative estimate of drug-likeness (QED) is 0.186. The SMILES string of the molecule is CCOc1cccc(C(O)=C2C(=O)C(=O)N(CCN(CC)CC)C2c2ccc([N+](=O)[O-])cc2)c1. The number of benzene rings is 2. The molecule has 0 radical (unpaired) electrons. The van der Waals surface area contributed by atoms with Crippen LogP contribution in [-0.2, 0) is 9.59 Å². The van der Waals surface area contributed by atoms with Gasteiger partial charge in [-0.25, -0.2) is 0 Å². The van der Waals surface area contributed by atoms with Gasteiger partial charge in [-0.15, -0.1) is 0 Å². The molecule has 1 N–H and O–H groups in total. The van der Waals surface area contributed by atoms with Crippen LogP contribution < -0.4 is 4.74 Å². The van der Waals surface area contributed by atoms with E-state index in [-0.39, 0.29) is 23.6 Å². The largest absolute Gasteiger partial charge is 0.507 e. The molecule has 1 heterocycles. The monoisotopic (exact) mass is 467 g/mol. The first-order valence-electron chi connectivity index (χ1n) is 11.3. The Labute approximate surface area is 198 Å². The van der Waals surface area contributed by atoms with Crippen LogP contribution in [0.4, 0.5) is 5.69 Å². The molecule has 2 aromatic carbocycles. The second-order valence-electron chi connectivity index (χ2n) is 7.83. The zero-order valence-electron chi connectivity index (χ0n) is 19.6. The lowest BCUT2D eigenvalue weighted by molar-refractivity contribution is -0.384. The van der Waals surface area contributed by atoms with Gasteiger partial charge < -0.3 is 19.6 Å². The van der Waals surface area contributed by atoms with Crippen molar-refractivity contribution in [3.63, 3.8) is 0 Å². The molecule has 9 nitrogen and oxygen atoms in total. The van der Waals surface area contributed by atoms with Gasteiger partial charge in [-0.3, -0.25) is 19.7 Å². The molecule has 0 aliphatic carbocycles. The van der Waals surface area contributed by atoms with Gasteiger partial charge in [-0.05, 0) is 49.8 Å². The van der Waals surface area contributed by atoms with Crippen molar-refractivity contribution in [2.45, 2.75) is 26.8 Å². The summed E-state index contributed by atoms with van der Waals surface area (Å²) in [7, 11) is 0. The second-order valence-corrected chi connectivity index (χ2v) is 7.83. The lowest BCUT2D eigenvalue weighted by Gasteiger charge is -2.28. The van der Waals surface area contributed by atoms with E-state index < -0.39 is 22.7 Å². The maximum Gasteiger partial charge on any atom is 0.295 e. The maximum absolute atomic E-state index is 13.1. The Kier molecular flexibility index (Phi) is 8.01. The number of hydrogen-bond acceptors (Lipinski definition) is 7. The van der Waals surface area contributed by atoms with E-state index in [9.17, 15) is 24.8 Å². The van der Waals surface area contributed by atoms with E-state index in [1.165, 1.54) is 29.2 Å². The zero-order chi connectivity index (χ0) is 24.8. The minimum absolute atomic E-state index is 0.0490. The summed E-state index contributed by atoms with van der Waals surface area (Å²) < 4.78 is 5.50. The van der Waals surface area contributed by atoms with E-state index in [2.05, 4.69) is 4.90 Å². The number of hydrogen-bond donors (Lipinski definition) is 1. The van der Waals surface area contributed by atoms with E-state index in [1.807, 2.05) is 20.8 Å². The number of non-ortho nitro benzene ring substituents is 1. The molecule has 1 amide bonds. The molecule has 9 heteroatoms. The van der Waals surface area contributed by atoms with Crippen LogP contribution in [0.15, 0.2) is 54.1 Å². The van der Waals surface area contributed by atoms with Gasteiger partial charge in [0, 0.05) is 30.8 Å². The number of rotatable bonds is 10. The molecule has 3 rings (SSSR count). The number of nitro benzene ring substituents is 1. The second kappa shape index (κ2) is 10.9. The number of ketones is 1. The summed E-state index contributed by atoms with van der Waals surface area (Å²) in [6.45, 7) is 8.67. The number of nitrogens with zero attached hydrogens (tertiary/aromatic N) is 3. The van der Waals surface area contributed by atoms with Crippen LogP contribution in [0, 0.1) is 10.1 Å². The van der Waals surface area contributed by atoms with Gasteiger partial charge in [0.25, 0.3) is 17.4 Å². The zero-order valence-corrected chi connectivity index (χ0v) is 19.6. The first-order valence-corrected chi connectivity index (χ1v) is 11.3. The third-order valence-corrected chi connectivity index (χ3v) is 5.93. The van der Waals surface area contributed by atoms with Crippen molar-refractivity contribution < 1.29 is 24.4 Å². The number of aliphatic hydroxyl groups excluding tert-OH is 1. The summed E-state index contributed by atoms with van der Waals surface area (Å²) >= 11 is 0. The normalized spacial score (nSPS) is 17.4. The van der Waals surface area contributed by atoms with Gasteiger partial charge in [-0.2, -0.15) is 0 Å². The fourth-order valence-electron chi connectivity index (χ4n) is 4.08. The number of nitro groups is 1. The van der Waals surface area contributed by atoms with Crippen LogP contribution in [0.2, 0.25) is 0 Å². The molecule has 0 aromatic heterocycles. The molecule has 34 heavy (non-hydrogen) atoms. The Hall–Kier alpha value is -3.72. The van der Waals surface area contributed by atoms with E-state index in [1.54, 1.807) is 24.3 Å². The van der Waals surface area contributed by atoms with Crippen molar-refractivity contribution in [1.82, 2.24) is 9.80 Å². The molecule has 0 bridgehead atoms. The van der Waals surface area contributed by atoms with Crippen LogP contribution >= 0.6 is 0 Å². The van der Waals surface area contributed by atoms with Crippen LogP contribution in [0.1, 0.15) is 37.9 Å². The minimum Gasteiger partial charge on any atom is -0.507 e. The Morgan fingerprint density at radius 3 is 2.38 bits per heavy atom. The highest BCUT2D eigenvalue weighted by molar-refractivity contribution is 6.46. The highest BCUT2D eigenvalue weighted by Crippen LogP contribution is 2.40. The Bertz CT molecular complexity index is 1090. The van der Waals surface area contributed by atoms with Crippen molar-refractivity contribution in [3.8, 4) is 5.75 Å².